The molecule has 1 aromatic heterocycles. The minimum Gasteiger partial charge on any atom is -0.495 e. The number of fused-ring (bicyclic) bond motifs is 1. The third kappa shape index (κ3) is 1.91. The van der Waals surface area contributed by atoms with Crippen LogP contribution in [0.4, 0.5) is 0 Å². The van der Waals surface area contributed by atoms with Crippen molar-refractivity contribution in [3.63, 3.8) is 0 Å². The number of aromatic nitrogens is 1. The fraction of sp³-hybridized carbons (Fsp3) is 0.429. The summed E-state index contributed by atoms with van der Waals surface area (Å²) in [7, 11) is 1.67. The summed E-state index contributed by atoms with van der Waals surface area (Å²) in [6.45, 7) is 6.55. The lowest BCUT2D eigenvalue weighted by Crippen LogP contribution is -2.14. The molecule has 2 aromatic rings. The molecule has 0 aliphatic carbocycles. The summed E-state index contributed by atoms with van der Waals surface area (Å²) in [4.78, 5) is 0. The molecule has 0 atom stereocenters. The Labute approximate surface area is 102 Å². The topological polar surface area (TPSA) is 34.4 Å². The first-order valence-electron chi connectivity index (χ1n) is 5.87. The summed E-state index contributed by atoms with van der Waals surface area (Å²) < 4.78 is 7.51. The van der Waals surface area contributed by atoms with Gasteiger partial charge in [-0.05, 0) is 26.8 Å². The number of hydrogen-bond acceptors (Lipinski definition) is 2. The highest BCUT2D eigenvalue weighted by Crippen LogP contribution is 2.34. The molecular weight excluding hydrogens is 214 g/mol. The van der Waals surface area contributed by atoms with Gasteiger partial charge in [0.1, 0.15) is 5.75 Å². The standard InChI is InChI=1S/C14H19NO2/c1-5-15-9-11(14(2,3)16)10-7-6-8-12(17-4)13(10)15/h6-9,16H,5H2,1-4H3. The monoisotopic (exact) mass is 233 g/mol. The molecule has 92 valence electrons. The van der Waals surface area contributed by atoms with E-state index in [1.165, 1.54) is 0 Å². The molecular formula is C14H19NO2. The zero-order valence-corrected chi connectivity index (χ0v) is 10.8. The number of methoxy groups -OCH3 is 1. The predicted octanol–water partition coefficient (Wildman–Crippen LogP) is 2.90. The SMILES string of the molecule is CCn1cc(C(C)(C)O)c2cccc(OC)c21. The first-order valence-corrected chi connectivity index (χ1v) is 5.87. The fourth-order valence-corrected chi connectivity index (χ4v) is 2.23. The van der Waals surface area contributed by atoms with E-state index in [4.69, 9.17) is 4.74 Å². The first kappa shape index (κ1) is 12.0. The van der Waals surface area contributed by atoms with Gasteiger partial charge in [-0.15, -0.1) is 0 Å². The summed E-state index contributed by atoms with van der Waals surface area (Å²) in [5, 5.41) is 11.3. The average molecular weight is 233 g/mol. The lowest BCUT2D eigenvalue weighted by Gasteiger charge is -2.16. The van der Waals surface area contributed by atoms with Crippen LogP contribution >= 0.6 is 0 Å². The average Bonchev–Trinajstić information content (AvgIpc) is 2.67. The van der Waals surface area contributed by atoms with Gasteiger partial charge in [0.2, 0.25) is 0 Å². The molecule has 0 saturated heterocycles. The van der Waals surface area contributed by atoms with Crippen molar-refractivity contribution in [2.45, 2.75) is 32.9 Å². The van der Waals surface area contributed by atoms with Crippen LogP contribution in [0, 0.1) is 0 Å². The van der Waals surface area contributed by atoms with Crippen molar-refractivity contribution < 1.29 is 9.84 Å². The zero-order chi connectivity index (χ0) is 12.6. The summed E-state index contributed by atoms with van der Waals surface area (Å²) in [6.07, 6.45) is 2.01. The van der Waals surface area contributed by atoms with Crippen molar-refractivity contribution in [1.29, 1.82) is 0 Å². The Morgan fingerprint density at radius 2 is 2.06 bits per heavy atom. The van der Waals surface area contributed by atoms with Gasteiger partial charge < -0.3 is 14.4 Å². The van der Waals surface area contributed by atoms with Crippen molar-refractivity contribution >= 4 is 10.9 Å². The number of aryl methyl sites for hydroxylation is 1. The van der Waals surface area contributed by atoms with E-state index >= 15 is 0 Å². The zero-order valence-electron chi connectivity index (χ0n) is 10.8. The van der Waals surface area contributed by atoms with Gasteiger partial charge >= 0.3 is 0 Å². The van der Waals surface area contributed by atoms with E-state index in [1.54, 1.807) is 21.0 Å². The van der Waals surface area contributed by atoms with Crippen molar-refractivity contribution in [2.75, 3.05) is 7.11 Å². The number of aliphatic hydroxyl groups is 1. The second kappa shape index (κ2) is 4.08. The quantitative estimate of drug-likeness (QED) is 0.884. The minimum atomic E-state index is -0.842. The molecule has 1 heterocycles. The van der Waals surface area contributed by atoms with E-state index in [1.807, 2.05) is 24.4 Å². The molecule has 0 unspecified atom stereocenters. The molecule has 0 bridgehead atoms. The van der Waals surface area contributed by atoms with E-state index in [0.717, 1.165) is 28.8 Å². The van der Waals surface area contributed by atoms with E-state index in [0.29, 0.717) is 0 Å². The number of hydrogen-bond donors (Lipinski definition) is 1. The summed E-state index contributed by atoms with van der Waals surface area (Å²) in [6, 6.07) is 5.93. The van der Waals surface area contributed by atoms with E-state index in [2.05, 4.69) is 11.5 Å². The van der Waals surface area contributed by atoms with E-state index < -0.39 is 5.60 Å². The van der Waals surface area contributed by atoms with Crippen LogP contribution in [0.25, 0.3) is 10.9 Å². The van der Waals surface area contributed by atoms with Gasteiger partial charge in [-0.25, -0.2) is 0 Å². The molecule has 0 radical (unpaired) electrons. The Hall–Kier alpha value is -1.48. The Bertz CT molecular complexity index is 535. The van der Waals surface area contributed by atoms with Gasteiger partial charge in [0, 0.05) is 23.7 Å². The second-order valence-corrected chi connectivity index (χ2v) is 4.74. The molecule has 0 fully saturated rings. The molecule has 1 N–H and O–H groups in total. The predicted molar refractivity (Wildman–Crippen MR) is 69.4 cm³/mol. The van der Waals surface area contributed by atoms with E-state index in [9.17, 15) is 5.11 Å². The van der Waals surface area contributed by atoms with Crippen LogP contribution in [-0.2, 0) is 12.1 Å². The van der Waals surface area contributed by atoms with Gasteiger partial charge in [0.05, 0.1) is 18.2 Å². The molecule has 0 spiro atoms. The summed E-state index contributed by atoms with van der Waals surface area (Å²) in [5.74, 6) is 0.847. The molecule has 0 aliphatic heterocycles. The molecule has 1 aromatic carbocycles. The maximum absolute atomic E-state index is 10.2. The number of ether oxygens (including phenoxy) is 1. The largest absolute Gasteiger partial charge is 0.495 e. The van der Waals surface area contributed by atoms with Crippen molar-refractivity contribution in [1.82, 2.24) is 4.57 Å². The summed E-state index contributed by atoms with van der Waals surface area (Å²) in [5.41, 5.74) is 1.15. The van der Waals surface area contributed by atoms with Crippen molar-refractivity contribution in [3.05, 3.63) is 30.0 Å². The first-order chi connectivity index (χ1) is 7.99. The molecule has 0 amide bonds. The summed E-state index contributed by atoms with van der Waals surface area (Å²) >= 11 is 0. The maximum Gasteiger partial charge on any atom is 0.143 e. The Morgan fingerprint density at radius 3 is 2.59 bits per heavy atom. The fourth-order valence-electron chi connectivity index (χ4n) is 2.23. The van der Waals surface area contributed by atoms with Crippen molar-refractivity contribution in [3.8, 4) is 5.75 Å². The molecule has 0 aliphatic rings. The highest BCUT2D eigenvalue weighted by molar-refractivity contribution is 5.89. The van der Waals surface area contributed by atoms with Gasteiger partial charge in [-0.3, -0.25) is 0 Å². The van der Waals surface area contributed by atoms with Crippen molar-refractivity contribution in [2.24, 2.45) is 0 Å². The van der Waals surface area contributed by atoms with Gasteiger partial charge in [-0.2, -0.15) is 0 Å². The van der Waals surface area contributed by atoms with Gasteiger partial charge in [-0.1, -0.05) is 12.1 Å². The maximum atomic E-state index is 10.2. The van der Waals surface area contributed by atoms with Crippen LogP contribution < -0.4 is 4.74 Å². The number of para-hydroxylation sites is 1. The molecule has 0 saturated carbocycles. The molecule has 17 heavy (non-hydrogen) atoms. The van der Waals surface area contributed by atoms with Crippen LogP contribution in [0.2, 0.25) is 0 Å². The van der Waals surface area contributed by atoms with Gasteiger partial charge in [0.15, 0.2) is 0 Å². The van der Waals surface area contributed by atoms with Gasteiger partial charge in [0.25, 0.3) is 0 Å². The Morgan fingerprint density at radius 1 is 1.35 bits per heavy atom. The number of rotatable bonds is 3. The van der Waals surface area contributed by atoms with Crippen LogP contribution in [0.1, 0.15) is 26.3 Å². The second-order valence-electron chi connectivity index (χ2n) is 4.74. The van der Waals surface area contributed by atoms with Crippen LogP contribution in [0.15, 0.2) is 24.4 Å². The molecule has 2 rings (SSSR count). The lowest BCUT2D eigenvalue weighted by atomic mass is 9.98. The Balaban J connectivity index is 2.82. The van der Waals surface area contributed by atoms with Crippen LogP contribution in [-0.4, -0.2) is 16.8 Å². The molecule has 3 heteroatoms. The number of nitrogens with zero attached hydrogens (tertiary/aromatic N) is 1. The lowest BCUT2D eigenvalue weighted by molar-refractivity contribution is 0.0800. The Kier molecular flexibility index (Phi) is 2.87. The normalized spacial score (nSPS) is 12.1. The van der Waals surface area contributed by atoms with Crippen LogP contribution in [0.5, 0.6) is 5.75 Å². The minimum absolute atomic E-state index is 0.842. The third-order valence-corrected chi connectivity index (χ3v) is 3.08. The smallest absolute Gasteiger partial charge is 0.143 e. The van der Waals surface area contributed by atoms with Crippen LogP contribution in [0.3, 0.4) is 0 Å². The highest BCUT2D eigenvalue weighted by Gasteiger charge is 2.23. The highest BCUT2D eigenvalue weighted by atomic mass is 16.5. The third-order valence-electron chi connectivity index (χ3n) is 3.08. The number of benzene rings is 1. The molecule has 3 nitrogen and oxygen atoms in total. The van der Waals surface area contributed by atoms with E-state index in [-0.39, 0.29) is 0 Å².